The zero-order chi connectivity index (χ0) is 24.2. The van der Waals surface area contributed by atoms with Crippen molar-refractivity contribution < 1.29 is 14.3 Å². The molecule has 3 aromatic carbocycles. The fraction of sp³-hybridized carbons (Fsp3) is 0.250. The highest BCUT2D eigenvalue weighted by molar-refractivity contribution is 5.78. The van der Waals surface area contributed by atoms with Crippen LogP contribution in [0.1, 0.15) is 22.8 Å². The van der Waals surface area contributed by atoms with Crippen LogP contribution in [0.3, 0.4) is 0 Å². The molecule has 1 aliphatic heterocycles. The van der Waals surface area contributed by atoms with Crippen molar-refractivity contribution >= 4 is 16.9 Å². The smallest absolute Gasteiger partial charge is 0.236 e. The van der Waals surface area contributed by atoms with Crippen LogP contribution in [0, 0.1) is 0 Å². The van der Waals surface area contributed by atoms with Gasteiger partial charge in [-0.2, -0.15) is 0 Å². The summed E-state index contributed by atoms with van der Waals surface area (Å²) in [6.45, 7) is 1.99. The van der Waals surface area contributed by atoms with Gasteiger partial charge in [0, 0.05) is 50.2 Å². The zero-order valence-corrected chi connectivity index (χ0v) is 19.9. The van der Waals surface area contributed by atoms with Crippen LogP contribution in [0.2, 0.25) is 0 Å². The minimum atomic E-state index is -0.257. The van der Waals surface area contributed by atoms with Crippen molar-refractivity contribution in [2.75, 3.05) is 27.2 Å². The average Bonchev–Trinajstić information content (AvgIpc) is 3.07. The first kappa shape index (κ1) is 22.8. The standard InChI is InChI=1S/C28H28N4O3/c1-31(16-20-11-12-23-24(15-20)30-14-13-29-23)28(33)19-32-17-21-7-3-5-9-25(21)35-27(18-32)22-8-4-6-10-26(22)34-2/h3-15,27H,16-19H2,1-2H3/t27-/m1/s1. The lowest BCUT2D eigenvalue weighted by Crippen LogP contribution is -2.39. The summed E-state index contributed by atoms with van der Waals surface area (Å²) >= 11 is 0. The minimum Gasteiger partial charge on any atom is -0.496 e. The number of nitrogens with zero attached hydrogens (tertiary/aromatic N) is 4. The maximum Gasteiger partial charge on any atom is 0.236 e. The second kappa shape index (κ2) is 10.1. The molecule has 0 spiro atoms. The van der Waals surface area contributed by atoms with Crippen molar-refractivity contribution in [2.45, 2.75) is 19.2 Å². The van der Waals surface area contributed by atoms with Gasteiger partial charge in [0.05, 0.1) is 24.7 Å². The average molecular weight is 469 g/mol. The molecule has 0 saturated carbocycles. The number of methoxy groups -OCH3 is 1. The third-order valence-corrected chi connectivity index (χ3v) is 6.28. The molecule has 35 heavy (non-hydrogen) atoms. The molecular weight excluding hydrogens is 440 g/mol. The van der Waals surface area contributed by atoms with Crippen LogP contribution in [-0.4, -0.2) is 52.9 Å². The molecule has 7 nitrogen and oxygen atoms in total. The molecule has 0 saturated heterocycles. The van der Waals surface area contributed by atoms with Gasteiger partial charge in [0.2, 0.25) is 5.91 Å². The molecule has 0 aliphatic carbocycles. The molecule has 1 atom stereocenters. The minimum absolute atomic E-state index is 0.0439. The van der Waals surface area contributed by atoms with Gasteiger partial charge >= 0.3 is 0 Å². The zero-order valence-electron chi connectivity index (χ0n) is 19.9. The number of amides is 1. The largest absolute Gasteiger partial charge is 0.496 e. The van der Waals surface area contributed by atoms with E-state index >= 15 is 0 Å². The Balaban J connectivity index is 1.34. The Labute approximate surface area is 204 Å². The van der Waals surface area contributed by atoms with Crippen molar-refractivity contribution in [1.82, 2.24) is 19.8 Å². The molecule has 1 amide bonds. The summed E-state index contributed by atoms with van der Waals surface area (Å²) in [5, 5.41) is 0. The van der Waals surface area contributed by atoms with Gasteiger partial charge in [-0.1, -0.05) is 42.5 Å². The predicted octanol–water partition coefficient (Wildman–Crippen LogP) is 4.23. The Morgan fingerprint density at radius 2 is 1.83 bits per heavy atom. The van der Waals surface area contributed by atoms with Gasteiger partial charge in [0.1, 0.15) is 17.6 Å². The molecule has 178 valence electrons. The normalized spacial score (nSPS) is 15.7. The number of para-hydroxylation sites is 2. The highest BCUT2D eigenvalue weighted by Crippen LogP contribution is 2.34. The van der Waals surface area contributed by atoms with E-state index in [0.717, 1.165) is 39.2 Å². The van der Waals surface area contributed by atoms with Crippen molar-refractivity contribution in [3.05, 3.63) is 95.8 Å². The molecule has 0 fully saturated rings. The van der Waals surface area contributed by atoms with Crippen LogP contribution in [-0.2, 0) is 17.9 Å². The van der Waals surface area contributed by atoms with Gasteiger partial charge in [-0.15, -0.1) is 0 Å². The Morgan fingerprint density at radius 3 is 2.69 bits per heavy atom. The SMILES string of the molecule is COc1ccccc1[C@H]1CN(CC(=O)N(C)Cc2ccc3nccnc3c2)Cc2ccccc2O1. The second-order valence-electron chi connectivity index (χ2n) is 8.75. The second-order valence-corrected chi connectivity index (χ2v) is 8.75. The first-order valence-corrected chi connectivity index (χ1v) is 11.6. The van der Waals surface area contributed by atoms with Gasteiger partial charge in [-0.05, 0) is 29.8 Å². The molecule has 4 aromatic rings. The molecule has 0 bridgehead atoms. The molecular formula is C28H28N4O3. The number of carbonyl (C=O) groups excluding carboxylic acids is 1. The van der Waals surface area contributed by atoms with Crippen molar-refractivity contribution in [2.24, 2.45) is 0 Å². The highest BCUT2D eigenvalue weighted by atomic mass is 16.5. The van der Waals surface area contributed by atoms with Gasteiger partial charge in [-0.25, -0.2) is 0 Å². The first-order chi connectivity index (χ1) is 17.1. The number of aromatic nitrogens is 2. The number of likely N-dealkylation sites (N-methyl/N-ethyl adjacent to an activating group) is 1. The number of hydrogen-bond donors (Lipinski definition) is 0. The summed E-state index contributed by atoms with van der Waals surface area (Å²) in [4.78, 5) is 25.9. The molecule has 5 rings (SSSR count). The summed E-state index contributed by atoms with van der Waals surface area (Å²) in [5.41, 5.74) is 4.72. The number of carbonyl (C=O) groups is 1. The number of ether oxygens (including phenoxy) is 2. The number of rotatable bonds is 6. The maximum absolute atomic E-state index is 13.3. The Bertz CT molecular complexity index is 1340. The van der Waals surface area contributed by atoms with E-state index in [9.17, 15) is 4.79 Å². The Hall–Kier alpha value is -3.97. The maximum atomic E-state index is 13.3. The van der Waals surface area contributed by atoms with Crippen molar-refractivity contribution in [1.29, 1.82) is 0 Å². The van der Waals surface area contributed by atoms with Crippen molar-refractivity contribution in [3.63, 3.8) is 0 Å². The summed E-state index contributed by atoms with van der Waals surface area (Å²) < 4.78 is 12.0. The van der Waals surface area contributed by atoms with Gasteiger partial charge < -0.3 is 14.4 Å². The Morgan fingerprint density at radius 1 is 1.06 bits per heavy atom. The summed E-state index contributed by atoms with van der Waals surface area (Å²) in [5.74, 6) is 1.66. The fourth-order valence-corrected chi connectivity index (χ4v) is 4.48. The van der Waals surface area contributed by atoms with E-state index in [0.29, 0.717) is 19.6 Å². The summed E-state index contributed by atoms with van der Waals surface area (Å²) in [6, 6.07) is 21.8. The van der Waals surface area contributed by atoms with E-state index in [1.807, 2.05) is 67.7 Å². The summed E-state index contributed by atoms with van der Waals surface area (Å²) in [6.07, 6.45) is 3.10. The Kier molecular flexibility index (Phi) is 6.59. The fourth-order valence-electron chi connectivity index (χ4n) is 4.48. The molecule has 2 heterocycles. The monoisotopic (exact) mass is 468 g/mol. The number of hydrogen-bond acceptors (Lipinski definition) is 6. The molecule has 0 N–H and O–H groups in total. The molecule has 7 heteroatoms. The van der Waals surface area contributed by atoms with Crippen LogP contribution in [0.5, 0.6) is 11.5 Å². The van der Waals surface area contributed by atoms with E-state index < -0.39 is 0 Å². The van der Waals surface area contributed by atoms with Gasteiger partial charge in [-0.3, -0.25) is 19.7 Å². The van der Waals surface area contributed by atoms with E-state index in [1.54, 1.807) is 24.4 Å². The van der Waals surface area contributed by atoms with Crippen LogP contribution in [0.15, 0.2) is 79.1 Å². The van der Waals surface area contributed by atoms with Crippen LogP contribution >= 0.6 is 0 Å². The van der Waals surface area contributed by atoms with Crippen molar-refractivity contribution in [3.8, 4) is 11.5 Å². The van der Waals surface area contributed by atoms with E-state index in [4.69, 9.17) is 9.47 Å². The first-order valence-electron chi connectivity index (χ1n) is 11.6. The molecule has 1 aromatic heterocycles. The lowest BCUT2D eigenvalue weighted by molar-refractivity contribution is -0.132. The molecule has 1 aliphatic rings. The third kappa shape index (κ3) is 5.10. The quantitative estimate of drug-likeness (QED) is 0.422. The number of fused-ring (bicyclic) bond motifs is 2. The predicted molar refractivity (Wildman–Crippen MR) is 134 cm³/mol. The van der Waals surface area contributed by atoms with E-state index in [-0.39, 0.29) is 18.6 Å². The third-order valence-electron chi connectivity index (χ3n) is 6.28. The van der Waals surface area contributed by atoms with Gasteiger partial charge in [0.25, 0.3) is 0 Å². The van der Waals surface area contributed by atoms with Gasteiger partial charge in [0.15, 0.2) is 0 Å². The lowest BCUT2D eigenvalue weighted by Gasteiger charge is -2.27. The van der Waals surface area contributed by atoms with Crippen LogP contribution in [0.4, 0.5) is 0 Å². The lowest BCUT2D eigenvalue weighted by atomic mass is 10.1. The topological polar surface area (TPSA) is 67.8 Å². The number of benzene rings is 3. The van der Waals surface area contributed by atoms with Crippen LogP contribution < -0.4 is 9.47 Å². The van der Waals surface area contributed by atoms with E-state index in [2.05, 4.69) is 20.9 Å². The van der Waals surface area contributed by atoms with E-state index in [1.165, 1.54) is 0 Å². The molecule has 0 radical (unpaired) electrons. The van der Waals surface area contributed by atoms with Crippen LogP contribution in [0.25, 0.3) is 11.0 Å². The highest BCUT2D eigenvalue weighted by Gasteiger charge is 2.28. The summed E-state index contributed by atoms with van der Waals surface area (Å²) in [7, 11) is 3.50. The molecule has 0 unspecified atom stereocenters.